The van der Waals surface area contributed by atoms with Gasteiger partial charge in [0.05, 0.1) is 11.8 Å². The highest BCUT2D eigenvalue weighted by Gasteiger charge is 2.11. The quantitative estimate of drug-likeness (QED) is 0.507. The SMILES string of the molecule is CCN(CC)c1ccc(/C=N/NC(=O)c2cc(Br)ccc2O)c(O)c1. The van der Waals surface area contributed by atoms with Crippen molar-refractivity contribution in [2.24, 2.45) is 5.10 Å². The van der Waals surface area contributed by atoms with Crippen LogP contribution >= 0.6 is 15.9 Å². The average Bonchev–Trinajstić information content (AvgIpc) is 2.59. The first-order valence-electron chi connectivity index (χ1n) is 7.86. The van der Waals surface area contributed by atoms with Crippen LogP contribution in [-0.2, 0) is 0 Å². The van der Waals surface area contributed by atoms with E-state index in [1.807, 2.05) is 19.9 Å². The van der Waals surface area contributed by atoms with Crippen LogP contribution in [0.2, 0.25) is 0 Å². The summed E-state index contributed by atoms with van der Waals surface area (Å²) < 4.78 is 0.670. The van der Waals surface area contributed by atoms with E-state index in [1.54, 1.807) is 18.2 Å². The molecule has 2 rings (SSSR count). The molecule has 3 N–H and O–H groups in total. The molecule has 2 aromatic carbocycles. The Morgan fingerprint density at radius 1 is 1.16 bits per heavy atom. The van der Waals surface area contributed by atoms with E-state index in [0.29, 0.717) is 10.0 Å². The fourth-order valence-electron chi connectivity index (χ4n) is 2.34. The molecule has 0 spiro atoms. The van der Waals surface area contributed by atoms with E-state index in [-0.39, 0.29) is 17.1 Å². The van der Waals surface area contributed by atoms with Gasteiger partial charge in [0.25, 0.3) is 5.91 Å². The summed E-state index contributed by atoms with van der Waals surface area (Å²) in [4.78, 5) is 14.1. The lowest BCUT2D eigenvalue weighted by atomic mass is 10.2. The van der Waals surface area contributed by atoms with Crippen LogP contribution in [0.5, 0.6) is 11.5 Å². The number of hydrazone groups is 1. The highest BCUT2D eigenvalue weighted by atomic mass is 79.9. The van der Waals surface area contributed by atoms with Gasteiger partial charge in [0.1, 0.15) is 11.5 Å². The van der Waals surface area contributed by atoms with Gasteiger partial charge in [0.15, 0.2) is 0 Å². The van der Waals surface area contributed by atoms with E-state index in [0.717, 1.165) is 18.8 Å². The molecule has 0 saturated heterocycles. The predicted octanol–water partition coefficient (Wildman–Crippen LogP) is 3.47. The molecule has 7 heteroatoms. The molecule has 2 aromatic rings. The minimum atomic E-state index is -0.547. The summed E-state index contributed by atoms with van der Waals surface area (Å²) in [5.74, 6) is -0.607. The van der Waals surface area contributed by atoms with Crippen molar-refractivity contribution in [2.45, 2.75) is 13.8 Å². The van der Waals surface area contributed by atoms with Crippen molar-refractivity contribution >= 4 is 33.7 Å². The van der Waals surface area contributed by atoms with Crippen molar-refractivity contribution in [3.63, 3.8) is 0 Å². The van der Waals surface area contributed by atoms with E-state index in [1.165, 1.54) is 18.3 Å². The molecule has 0 aliphatic heterocycles. The van der Waals surface area contributed by atoms with Gasteiger partial charge < -0.3 is 15.1 Å². The second kappa shape index (κ2) is 8.53. The maximum atomic E-state index is 12.0. The molecule has 0 fully saturated rings. The van der Waals surface area contributed by atoms with Crippen LogP contribution in [0.15, 0.2) is 46.0 Å². The third-order valence-electron chi connectivity index (χ3n) is 3.72. The first-order chi connectivity index (χ1) is 12.0. The van der Waals surface area contributed by atoms with Gasteiger partial charge in [-0.1, -0.05) is 15.9 Å². The number of rotatable bonds is 6. The number of carbonyl (C=O) groups excluding carboxylic acids is 1. The molecule has 0 aliphatic carbocycles. The number of hydrogen-bond donors (Lipinski definition) is 3. The number of halogens is 1. The Morgan fingerprint density at radius 2 is 1.88 bits per heavy atom. The number of nitrogens with one attached hydrogen (secondary N) is 1. The lowest BCUT2D eigenvalue weighted by Crippen LogP contribution is -2.21. The summed E-state index contributed by atoms with van der Waals surface area (Å²) in [6.45, 7) is 5.77. The van der Waals surface area contributed by atoms with Gasteiger partial charge in [0, 0.05) is 34.9 Å². The van der Waals surface area contributed by atoms with E-state index in [9.17, 15) is 15.0 Å². The number of benzene rings is 2. The normalized spacial score (nSPS) is 10.8. The molecule has 0 aliphatic rings. The zero-order valence-corrected chi connectivity index (χ0v) is 15.6. The number of aromatic hydroxyl groups is 2. The van der Waals surface area contributed by atoms with Crippen LogP contribution in [-0.4, -0.2) is 35.4 Å². The fourth-order valence-corrected chi connectivity index (χ4v) is 2.70. The predicted molar refractivity (Wildman–Crippen MR) is 103 cm³/mol. The Hall–Kier alpha value is -2.54. The molecule has 0 radical (unpaired) electrons. The Labute approximate surface area is 154 Å². The zero-order valence-electron chi connectivity index (χ0n) is 14.0. The van der Waals surface area contributed by atoms with Crippen molar-refractivity contribution in [1.29, 1.82) is 0 Å². The minimum absolute atomic E-state index is 0.0766. The van der Waals surface area contributed by atoms with Crippen molar-refractivity contribution < 1.29 is 15.0 Å². The summed E-state index contributed by atoms with van der Waals surface area (Å²) in [5.41, 5.74) is 3.84. The zero-order chi connectivity index (χ0) is 18.4. The molecular weight excluding hydrogens is 386 g/mol. The number of anilines is 1. The minimum Gasteiger partial charge on any atom is -0.507 e. The van der Waals surface area contributed by atoms with E-state index in [2.05, 4.69) is 31.4 Å². The van der Waals surface area contributed by atoms with Gasteiger partial charge in [-0.2, -0.15) is 5.10 Å². The number of phenolic OH excluding ortho intramolecular Hbond substituents is 2. The van der Waals surface area contributed by atoms with Gasteiger partial charge in [-0.3, -0.25) is 4.79 Å². The number of hydrogen-bond acceptors (Lipinski definition) is 5. The van der Waals surface area contributed by atoms with E-state index < -0.39 is 5.91 Å². The summed E-state index contributed by atoms with van der Waals surface area (Å²) in [5, 5.41) is 23.7. The van der Waals surface area contributed by atoms with Gasteiger partial charge in [-0.05, 0) is 44.2 Å². The molecule has 132 valence electrons. The Morgan fingerprint density at radius 3 is 2.52 bits per heavy atom. The third kappa shape index (κ3) is 4.73. The highest BCUT2D eigenvalue weighted by Crippen LogP contribution is 2.24. The highest BCUT2D eigenvalue weighted by molar-refractivity contribution is 9.10. The summed E-state index contributed by atoms with van der Waals surface area (Å²) in [7, 11) is 0. The molecular formula is C18H20BrN3O3. The Bertz CT molecular complexity index is 789. The topological polar surface area (TPSA) is 85.2 Å². The largest absolute Gasteiger partial charge is 0.507 e. The molecule has 0 bridgehead atoms. The smallest absolute Gasteiger partial charge is 0.275 e. The summed E-state index contributed by atoms with van der Waals surface area (Å²) >= 11 is 3.24. The first kappa shape index (κ1) is 18.8. The van der Waals surface area contributed by atoms with Crippen molar-refractivity contribution in [3.05, 3.63) is 52.0 Å². The molecule has 0 atom stereocenters. The second-order valence-corrected chi connectivity index (χ2v) is 6.19. The molecule has 0 aromatic heterocycles. The maximum Gasteiger partial charge on any atom is 0.275 e. The lowest BCUT2D eigenvalue weighted by Gasteiger charge is -2.21. The molecule has 0 heterocycles. The maximum absolute atomic E-state index is 12.0. The number of nitrogens with zero attached hydrogens (tertiary/aromatic N) is 2. The van der Waals surface area contributed by atoms with E-state index in [4.69, 9.17) is 0 Å². The van der Waals surface area contributed by atoms with Crippen LogP contribution in [0.3, 0.4) is 0 Å². The number of carbonyl (C=O) groups is 1. The lowest BCUT2D eigenvalue weighted by molar-refractivity contribution is 0.0952. The van der Waals surface area contributed by atoms with E-state index >= 15 is 0 Å². The van der Waals surface area contributed by atoms with Gasteiger partial charge in [-0.25, -0.2) is 5.43 Å². The monoisotopic (exact) mass is 405 g/mol. The molecule has 0 unspecified atom stereocenters. The Kier molecular flexibility index (Phi) is 6.41. The van der Waals surface area contributed by atoms with Crippen LogP contribution < -0.4 is 10.3 Å². The molecule has 6 nitrogen and oxygen atoms in total. The van der Waals surface area contributed by atoms with Crippen molar-refractivity contribution in [1.82, 2.24) is 5.43 Å². The van der Waals surface area contributed by atoms with Crippen LogP contribution in [0.25, 0.3) is 0 Å². The fraction of sp³-hybridized carbons (Fsp3) is 0.222. The van der Waals surface area contributed by atoms with Crippen molar-refractivity contribution in [3.8, 4) is 11.5 Å². The summed E-state index contributed by atoms with van der Waals surface area (Å²) in [6.07, 6.45) is 1.36. The number of amides is 1. The van der Waals surface area contributed by atoms with Gasteiger partial charge >= 0.3 is 0 Å². The van der Waals surface area contributed by atoms with Crippen LogP contribution in [0, 0.1) is 0 Å². The van der Waals surface area contributed by atoms with Crippen molar-refractivity contribution in [2.75, 3.05) is 18.0 Å². The molecule has 1 amide bonds. The van der Waals surface area contributed by atoms with Gasteiger partial charge in [-0.15, -0.1) is 0 Å². The summed E-state index contributed by atoms with van der Waals surface area (Å²) in [6, 6.07) is 9.82. The second-order valence-electron chi connectivity index (χ2n) is 5.28. The Balaban J connectivity index is 2.09. The van der Waals surface area contributed by atoms with Crippen LogP contribution in [0.4, 0.5) is 5.69 Å². The average molecular weight is 406 g/mol. The molecule has 0 saturated carbocycles. The number of phenols is 2. The third-order valence-corrected chi connectivity index (χ3v) is 4.21. The standard InChI is InChI=1S/C18H20BrN3O3/c1-3-22(4-2)14-7-5-12(17(24)10-14)11-20-21-18(25)15-9-13(19)6-8-16(15)23/h5-11,23-24H,3-4H2,1-2H3,(H,21,25)/b20-11+. The molecule has 25 heavy (non-hydrogen) atoms. The van der Waals surface area contributed by atoms with Crippen LogP contribution in [0.1, 0.15) is 29.8 Å². The first-order valence-corrected chi connectivity index (χ1v) is 8.65. The van der Waals surface area contributed by atoms with Gasteiger partial charge in [0.2, 0.25) is 0 Å².